The van der Waals surface area contributed by atoms with E-state index in [2.05, 4.69) is 161 Å². The summed E-state index contributed by atoms with van der Waals surface area (Å²) in [7, 11) is -3.18. The number of nitrogens with zero attached hydrogens (tertiary/aromatic N) is 7. The number of fused-ring (bicyclic) bond motifs is 6. The number of aromatic nitrogens is 7. The molecule has 1 unspecified atom stereocenters. The Hall–Kier alpha value is -8.07. The SMILES string of the molecule is c1ccc(-c2nc(-c3ccccc3)nc(-c3cccc([Si]4(c5cccc(-c6nc7ccccc7n6-c6ccccc6)c5)c5ccccc5-n5c4nc4ccccc45)c3)n2)cc1. The van der Waals surface area contributed by atoms with Gasteiger partial charge >= 0.3 is 0 Å². The van der Waals surface area contributed by atoms with Gasteiger partial charge in [-0.25, -0.2) is 24.9 Å². The highest BCUT2D eigenvalue weighted by atomic mass is 28.3. The number of hydrogen-bond acceptors (Lipinski definition) is 5. The molecule has 8 heteroatoms. The van der Waals surface area contributed by atoms with E-state index in [-0.39, 0.29) is 0 Å². The molecule has 12 rings (SSSR count). The van der Waals surface area contributed by atoms with Crippen LogP contribution in [0, 0.1) is 0 Å². The molecule has 0 bridgehead atoms. The second kappa shape index (κ2) is 14.0. The molecule has 1 aliphatic rings. The largest absolute Gasteiger partial charge is 0.299 e. The van der Waals surface area contributed by atoms with Crippen LogP contribution in [0.4, 0.5) is 0 Å². The van der Waals surface area contributed by atoms with Gasteiger partial charge in [-0.1, -0.05) is 170 Å². The maximum absolute atomic E-state index is 5.59. The van der Waals surface area contributed by atoms with E-state index in [1.165, 1.54) is 15.6 Å². The van der Waals surface area contributed by atoms with E-state index in [1.807, 2.05) is 60.7 Å². The minimum Gasteiger partial charge on any atom is -0.299 e. The zero-order chi connectivity index (χ0) is 40.3. The highest BCUT2D eigenvalue weighted by Crippen LogP contribution is 2.32. The lowest BCUT2D eigenvalue weighted by atomic mass is 10.1. The number of para-hydroxylation sites is 6. The second-order valence-electron chi connectivity index (χ2n) is 15.3. The van der Waals surface area contributed by atoms with E-state index in [4.69, 9.17) is 24.9 Å². The number of rotatable bonds is 7. The van der Waals surface area contributed by atoms with Crippen molar-refractivity contribution in [1.29, 1.82) is 0 Å². The summed E-state index contributed by atoms with van der Waals surface area (Å²) in [6.07, 6.45) is 0. The van der Waals surface area contributed by atoms with Crippen LogP contribution in [0.15, 0.2) is 212 Å². The lowest BCUT2D eigenvalue weighted by molar-refractivity contribution is 1.07. The first-order valence-corrected chi connectivity index (χ1v) is 22.4. The van der Waals surface area contributed by atoms with Crippen LogP contribution in [0.3, 0.4) is 0 Å². The van der Waals surface area contributed by atoms with Gasteiger partial charge in [0.25, 0.3) is 0 Å². The molecule has 4 heterocycles. The third-order valence-corrected chi connectivity index (χ3v) is 16.4. The molecular weight excluding hydrogens is 763 g/mol. The predicted molar refractivity (Wildman–Crippen MR) is 248 cm³/mol. The first kappa shape index (κ1) is 34.9. The van der Waals surface area contributed by atoms with Crippen molar-refractivity contribution < 1.29 is 0 Å². The Balaban J connectivity index is 1.13. The molecule has 0 spiro atoms. The van der Waals surface area contributed by atoms with Gasteiger partial charge in [0.05, 0.1) is 22.1 Å². The molecule has 8 aromatic carbocycles. The minimum atomic E-state index is -3.18. The van der Waals surface area contributed by atoms with E-state index in [0.717, 1.165) is 67.0 Å². The van der Waals surface area contributed by atoms with Crippen LogP contribution in [0.25, 0.3) is 79.0 Å². The second-order valence-corrected chi connectivity index (χ2v) is 19.0. The Labute approximate surface area is 353 Å². The number of benzene rings is 8. The summed E-state index contributed by atoms with van der Waals surface area (Å²) in [4.78, 5) is 26.2. The summed E-state index contributed by atoms with van der Waals surface area (Å²) in [5, 5.41) is 3.67. The minimum absolute atomic E-state index is 0.615. The molecule has 0 saturated heterocycles. The highest BCUT2D eigenvalue weighted by Gasteiger charge is 2.52. The molecule has 0 fully saturated rings. The van der Waals surface area contributed by atoms with Crippen LogP contribution < -0.4 is 21.0 Å². The van der Waals surface area contributed by atoms with E-state index in [0.29, 0.717) is 17.5 Å². The fraction of sp³-hybridized carbons (Fsp3) is 0. The van der Waals surface area contributed by atoms with Crippen molar-refractivity contribution in [1.82, 2.24) is 34.1 Å². The van der Waals surface area contributed by atoms with Crippen LogP contribution in [0.1, 0.15) is 0 Å². The molecule has 0 N–H and O–H groups in total. The standard InChI is InChI=1S/C53H35N7Si/c1-4-18-36(19-5-1)49-56-50(37-20-6-2-7-21-37)58-51(57-49)38-22-16-26-41(34-38)61(48-33-15-14-32-47(48)60-46-31-13-11-29-44(46)55-53(60)61)42-27-17-23-39(35-42)52-54-43-28-10-12-30-45(43)59(52)40-24-8-3-9-25-40/h1-35H. The fourth-order valence-corrected chi connectivity index (χ4v) is 14.1. The van der Waals surface area contributed by atoms with Crippen molar-refractivity contribution >= 4 is 51.1 Å². The third-order valence-electron chi connectivity index (χ3n) is 11.8. The lowest BCUT2D eigenvalue weighted by Crippen LogP contribution is -2.73. The van der Waals surface area contributed by atoms with Gasteiger partial charge < -0.3 is 0 Å². The Bertz CT molecular complexity index is 3380. The van der Waals surface area contributed by atoms with Crippen molar-refractivity contribution in [2.75, 3.05) is 0 Å². The Kier molecular flexibility index (Phi) is 8.04. The van der Waals surface area contributed by atoms with Crippen LogP contribution in [0.5, 0.6) is 0 Å². The van der Waals surface area contributed by atoms with E-state index < -0.39 is 8.07 Å². The highest BCUT2D eigenvalue weighted by molar-refractivity contribution is 7.20. The quantitative estimate of drug-likeness (QED) is 0.151. The van der Waals surface area contributed by atoms with Crippen molar-refractivity contribution in [2.45, 2.75) is 0 Å². The maximum Gasteiger partial charge on any atom is 0.226 e. The molecular formula is C53H35N7Si. The van der Waals surface area contributed by atoms with Gasteiger partial charge in [0.15, 0.2) is 17.5 Å². The van der Waals surface area contributed by atoms with Gasteiger partial charge in [0.2, 0.25) is 8.07 Å². The smallest absolute Gasteiger partial charge is 0.226 e. The summed E-state index contributed by atoms with van der Waals surface area (Å²) in [6, 6.07) is 74.4. The first-order chi connectivity index (χ1) is 30.2. The molecule has 0 amide bonds. The van der Waals surface area contributed by atoms with Crippen LogP contribution in [-0.4, -0.2) is 42.1 Å². The van der Waals surface area contributed by atoms with Gasteiger partial charge in [0.1, 0.15) is 11.3 Å². The number of hydrogen-bond donors (Lipinski definition) is 0. The van der Waals surface area contributed by atoms with Gasteiger partial charge in [-0.05, 0) is 58.0 Å². The number of imidazole rings is 2. The van der Waals surface area contributed by atoms with Crippen LogP contribution in [-0.2, 0) is 0 Å². The molecule has 0 aliphatic carbocycles. The molecule has 0 radical (unpaired) electrons. The maximum atomic E-state index is 5.59. The van der Waals surface area contributed by atoms with Crippen molar-refractivity contribution in [2.24, 2.45) is 0 Å². The van der Waals surface area contributed by atoms with Crippen LogP contribution in [0.2, 0.25) is 0 Å². The molecule has 61 heavy (non-hydrogen) atoms. The molecule has 3 aromatic heterocycles. The molecule has 1 aliphatic heterocycles. The lowest BCUT2D eigenvalue weighted by Gasteiger charge is -2.29. The van der Waals surface area contributed by atoms with E-state index in [1.54, 1.807) is 0 Å². The monoisotopic (exact) mass is 797 g/mol. The van der Waals surface area contributed by atoms with Crippen molar-refractivity contribution in [3.05, 3.63) is 212 Å². The molecule has 1 atom stereocenters. The van der Waals surface area contributed by atoms with Gasteiger partial charge in [-0.2, -0.15) is 0 Å². The summed E-state index contributed by atoms with van der Waals surface area (Å²) in [5.41, 5.74) is 11.2. The topological polar surface area (TPSA) is 74.3 Å². The van der Waals surface area contributed by atoms with E-state index in [9.17, 15) is 0 Å². The van der Waals surface area contributed by atoms with Crippen LogP contribution >= 0.6 is 0 Å². The van der Waals surface area contributed by atoms with Gasteiger partial charge in [-0.3, -0.25) is 9.13 Å². The van der Waals surface area contributed by atoms with Crippen molar-refractivity contribution in [3.8, 4) is 56.9 Å². The van der Waals surface area contributed by atoms with Gasteiger partial charge in [-0.15, -0.1) is 0 Å². The average molecular weight is 798 g/mol. The fourth-order valence-electron chi connectivity index (χ4n) is 9.14. The molecule has 11 aromatic rings. The Morgan fingerprint density at radius 3 is 1.48 bits per heavy atom. The molecule has 286 valence electrons. The first-order valence-electron chi connectivity index (χ1n) is 20.4. The van der Waals surface area contributed by atoms with Crippen molar-refractivity contribution in [3.63, 3.8) is 0 Å². The zero-order valence-electron chi connectivity index (χ0n) is 32.8. The van der Waals surface area contributed by atoms with E-state index >= 15 is 0 Å². The molecule has 0 saturated carbocycles. The zero-order valence-corrected chi connectivity index (χ0v) is 33.8. The summed E-state index contributed by atoms with van der Waals surface area (Å²) in [6.45, 7) is 0. The predicted octanol–water partition coefficient (Wildman–Crippen LogP) is 8.91. The normalized spacial score (nSPS) is 14.3. The third kappa shape index (κ3) is 5.53. The van der Waals surface area contributed by atoms with Gasteiger partial charge in [0, 0.05) is 33.6 Å². The Morgan fingerprint density at radius 1 is 0.344 bits per heavy atom. The summed E-state index contributed by atoms with van der Waals surface area (Å²) in [5.74, 6) is 2.76. The summed E-state index contributed by atoms with van der Waals surface area (Å²) >= 11 is 0. The average Bonchev–Trinajstić information content (AvgIpc) is 4.01. The summed E-state index contributed by atoms with van der Waals surface area (Å²) < 4.78 is 4.68. The Morgan fingerprint density at radius 2 is 0.820 bits per heavy atom. The molecule has 7 nitrogen and oxygen atoms in total.